The molecule has 8 heteroatoms. The summed E-state index contributed by atoms with van der Waals surface area (Å²) in [6.07, 6.45) is 4.58. The molecular weight excluding hydrogens is 493 g/mol. The summed E-state index contributed by atoms with van der Waals surface area (Å²) in [6.45, 7) is 1.94. The molecule has 2 saturated heterocycles. The number of nitrogens with zero attached hydrogens (tertiary/aromatic N) is 4. The first-order valence-corrected chi connectivity index (χ1v) is 13.4. The molecule has 4 heterocycles. The standard InChI is InChI=1S/C31H28FN5O2/c32-27-28(25-15-23(38)14-20-8-4-5-9-24(20)25)33-16-26-29(27)35-31(39-13-12-19-6-2-1-3-7-19)36-30(26)37-17-21-10-11-22(18-37)34-21/h1-9,14-16,21-22,34,38H,10-13,17-18H2/t21-,22+. The van der Waals surface area contributed by atoms with E-state index in [0.29, 0.717) is 41.9 Å². The van der Waals surface area contributed by atoms with Crippen LogP contribution >= 0.6 is 0 Å². The number of rotatable bonds is 6. The summed E-state index contributed by atoms with van der Waals surface area (Å²) < 4.78 is 22.4. The van der Waals surface area contributed by atoms with E-state index in [2.05, 4.69) is 20.2 Å². The highest BCUT2D eigenvalue weighted by Gasteiger charge is 2.34. The molecule has 0 unspecified atom stereocenters. The maximum atomic E-state index is 16.4. The number of aromatic hydroxyl groups is 1. The first-order valence-electron chi connectivity index (χ1n) is 13.4. The second-order valence-corrected chi connectivity index (χ2v) is 10.4. The highest BCUT2D eigenvalue weighted by molar-refractivity contribution is 5.99. The number of pyridine rings is 1. The normalized spacial score (nSPS) is 18.6. The number of hydrogen-bond acceptors (Lipinski definition) is 7. The van der Waals surface area contributed by atoms with Crippen molar-refractivity contribution in [1.82, 2.24) is 20.3 Å². The van der Waals surface area contributed by atoms with E-state index in [9.17, 15) is 5.11 Å². The van der Waals surface area contributed by atoms with Crippen LogP contribution in [0.2, 0.25) is 0 Å². The summed E-state index contributed by atoms with van der Waals surface area (Å²) in [5.41, 5.74) is 1.95. The maximum absolute atomic E-state index is 16.4. The van der Waals surface area contributed by atoms with E-state index >= 15 is 4.39 Å². The molecular formula is C31H28FN5O2. The quantitative estimate of drug-likeness (QED) is 0.316. The predicted molar refractivity (Wildman–Crippen MR) is 150 cm³/mol. The maximum Gasteiger partial charge on any atom is 0.319 e. The van der Waals surface area contributed by atoms with Crippen LogP contribution in [0, 0.1) is 5.82 Å². The third kappa shape index (κ3) is 4.51. The van der Waals surface area contributed by atoms with Crippen LogP contribution in [-0.2, 0) is 6.42 Å². The Morgan fingerprint density at radius 3 is 2.54 bits per heavy atom. The van der Waals surface area contributed by atoms with Gasteiger partial charge in [-0.2, -0.15) is 9.97 Å². The lowest BCUT2D eigenvalue weighted by molar-refractivity contribution is 0.297. The summed E-state index contributed by atoms with van der Waals surface area (Å²) in [4.78, 5) is 16.1. The van der Waals surface area contributed by atoms with Crippen LogP contribution in [0.4, 0.5) is 10.2 Å². The van der Waals surface area contributed by atoms with E-state index in [1.54, 1.807) is 18.3 Å². The lowest BCUT2D eigenvalue weighted by Crippen LogP contribution is -2.51. The molecule has 0 aliphatic carbocycles. The van der Waals surface area contributed by atoms with Crippen molar-refractivity contribution in [2.45, 2.75) is 31.3 Å². The van der Waals surface area contributed by atoms with E-state index in [-0.39, 0.29) is 23.0 Å². The first kappa shape index (κ1) is 23.8. The van der Waals surface area contributed by atoms with Gasteiger partial charge in [0.2, 0.25) is 0 Å². The fourth-order valence-electron chi connectivity index (χ4n) is 5.88. The third-order valence-corrected chi connectivity index (χ3v) is 7.73. The molecule has 7 rings (SSSR count). The molecule has 2 atom stereocenters. The Hall–Kier alpha value is -4.30. The Morgan fingerprint density at radius 1 is 0.949 bits per heavy atom. The number of piperazine rings is 1. The Balaban J connectivity index is 1.33. The van der Waals surface area contributed by atoms with Crippen LogP contribution in [0.3, 0.4) is 0 Å². The second-order valence-electron chi connectivity index (χ2n) is 10.4. The van der Waals surface area contributed by atoms with Gasteiger partial charge in [0, 0.05) is 43.4 Å². The Kier molecular flexibility index (Phi) is 5.97. The average molecular weight is 522 g/mol. The highest BCUT2D eigenvalue weighted by Crippen LogP contribution is 2.37. The Morgan fingerprint density at radius 2 is 1.72 bits per heavy atom. The number of fused-ring (bicyclic) bond motifs is 4. The van der Waals surface area contributed by atoms with E-state index in [1.165, 1.54) is 0 Å². The van der Waals surface area contributed by atoms with Gasteiger partial charge in [0.05, 0.1) is 12.0 Å². The van der Waals surface area contributed by atoms with Crippen molar-refractivity contribution in [3.8, 4) is 23.0 Å². The largest absolute Gasteiger partial charge is 0.508 e. The molecule has 7 nitrogen and oxygen atoms in total. The second kappa shape index (κ2) is 9.78. The van der Waals surface area contributed by atoms with Gasteiger partial charge >= 0.3 is 6.01 Å². The average Bonchev–Trinajstić information content (AvgIpc) is 3.30. The summed E-state index contributed by atoms with van der Waals surface area (Å²) >= 11 is 0. The van der Waals surface area contributed by atoms with Crippen LogP contribution in [0.25, 0.3) is 32.9 Å². The van der Waals surface area contributed by atoms with Crippen molar-refractivity contribution in [3.63, 3.8) is 0 Å². The third-order valence-electron chi connectivity index (χ3n) is 7.73. The molecule has 2 aliphatic rings. The van der Waals surface area contributed by atoms with Gasteiger partial charge in [0.25, 0.3) is 0 Å². The molecule has 39 heavy (non-hydrogen) atoms. The van der Waals surface area contributed by atoms with Gasteiger partial charge in [-0.3, -0.25) is 4.98 Å². The molecule has 3 aromatic carbocycles. The summed E-state index contributed by atoms with van der Waals surface area (Å²) in [6, 6.07) is 21.7. The molecule has 0 saturated carbocycles. The molecule has 196 valence electrons. The number of nitrogens with one attached hydrogen (secondary N) is 1. The molecule has 0 spiro atoms. The fraction of sp³-hybridized carbons (Fsp3) is 0.258. The number of phenols is 1. The number of anilines is 1. The first-order chi connectivity index (χ1) is 19.1. The van der Waals surface area contributed by atoms with Crippen molar-refractivity contribution < 1.29 is 14.2 Å². The van der Waals surface area contributed by atoms with Crippen molar-refractivity contribution >= 4 is 27.5 Å². The lowest BCUT2D eigenvalue weighted by Gasteiger charge is -2.34. The van der Waals surface area contributed by atoms with Gasteiger partial charge in [-0.05, 0) is 41.3 Å². The van der Waals surface area contributed by atoms with Crippen LogP contribution in [0.15, 0.2) is 72.9 Å². The topological polar surface area (TPSA) is 83.4 Å². The highest BCUT2D eigenvalue weighted by atomic mass is 19.1. The summed E-state index contributed by atoms with van der Waals surface area (Å²) in [5.74, 6) is 0.138. The van der Waals surface area contributed by atoms with Crippen LogP contribution in [0.1, 0.15) is 18.4 Å². The molecule has 2 aromatic heterocycles. The number of ether oxygens (including phenoxy) is 1. The van der Waals surface area contributed by atoms with Crippen LogP contribution in [0.5, 0.6) is 11.8 Å². The number of benzene rings is 3. The van der Waals surface area contributed by atoms with Crippen LogP contribution < -0.4 is 15.0 Å². The van der Waals surface area contributed by atoms with Gasteiger partial charge < -0.3 is 20.1 Å². The Bertz CT molecular complexity index is 1670. The minimum atomic E-state index is -0.557. The minimum Gasteiger partial charge on any atom is -0.508 e. The monoisotopic (exact) mass is 521 g/mol. The van der Waals surface area contributed by atoms with Gasteiger partial charge in [-0.15, -0.1) is 0 Å². The van der Waals surface area contributed by atoms with E-state index in [1.807, 2.05) is 54.6 Å². The van der Waals surface area contributed by atoms with E-state index < -0.39 is 5.82 Å². The molecule has 2 fully saturated rings. The zero-order chi connectivity index (χ0) is 26.3. The molecule has 2 aliphatic heterocycles. The van der Waals surface area contributed by atoms with Crippen molar-refractivity contribution in [2.75, 3.05) is 24.6 Å². The minimum absolute atomic E-state index is 0.0506. The van der Waals surface area contributed by atoms with Crippen molar-refractivity contribution in [2.24, 2.45) is 0 Å². The fourth-order valence-corrected chi connectivity index (χ4v) is 5.88. The number of phenolic OH excluding ortho intramolecular Hbond substituents is 1. The zero-order valence-corrected chi connectivity index (χ0v) is 21.3. The molecule has 2 bridgehead atoms. The summed E-state index contributed by atoms with van der Waals surface area (Å²) in [5, 5.41) is 16.2. The number of halogens is 1. The smallest absolute Gasteiger partial charge is 0.319 e. The SMILES string of the molecule is Oc1cc(-c2ncc3c(N4C[C@H]5CC[C@@H](C4)N5)nc(OCCc4ccccc4)nc3c2F)c2ccccc2c1. The molecule has 2 N–H and O–H groups in total. The molecule has 0 radical (unpaired) electrons. The van der Waals surface area contributed by atoms with Gasteiger partial charge in [0.1, 0.15) is 22.8 Å². The number of hydrogen-bond donors (Lipinski definition) is 2. The van der Waals surface area contributed by atoms with Gasteiger partial charge in [0.15, 0.2) is 5.82 Å². The predicted octanol–water partition coefficient (Wildman–Crippen LogP) is 5.25. The van der Waals surface area contributed by atoms with Gasteiger partial charge in [-0.25, -0.2) is 4.39 Å². The molecule has 0 amide bonds. The zero-order valence-electron chi connectivity index (χ0n) is 21.3. The summed E-state index contributed by atoms with van der Waals surface area (Å²) in [7, 11) is 0. The van der Waals surface area contributed by atoms with Crippen molar-refractivity contribution in [1.29, 1.82) is 0 Å². The Labute approximate surface area is 225 Å². The van der Waals surface area contributed by atoms with Crippen molar-refractivity contribution in [3.05, 3.63) is 84.3 Å². The van der Waals surface area contributed by atoms with Gasteiger partial charge in [-0.1, -0.05) is 54.6 Å². The van der Waals surface area contributed by atoms with Crippen LogP contribution in [-0.4, -0.2) is 51.8 Å². The van der Waals surface area contributed by atoms with E-state index in [4.69, 9.17) is 9.72 Å². The number of aromatic nitrogens is 3. The van der Waals surface area contributed by atoms with E-state index in [0.717, 1.165) is 42.3 Å². The lowest BCUT2D eigenvalue weighted by atomic mass is 10.0. The molecule has 5 aromatic rings.